The third-order valence-corrected chi connectivity index (χ3v) is 3.92. The fourth-order valence-corrected chi connectivity index (χ4v) is 2.41. The summed E-state index contributed by atoms with van der Waals surface area (Å²) in [5.74, 6) is -0.684. The fourth-order valence-electron chi connectivity index (χ4n) is 1.94. The molecule has 1 aromatic rings. The molecule has 4 atom stereocenters. The van der Waals surface area contributed by atoms with Crippen LogP contribution < -0.4 is 22.1 Å². The van der Waals surface area contributed by atoms with Crippen LogP contribution in [-0.2, 0) is 4.79 Å². The Morgan fingerprint density at radius 1 is 1.35 bits per heavy atom. The van der Waals surface area contributed by atoms with E-state index in [1.165, 1.54) is 11.8 Å². The van der Waals surface area contributed by atoms with Crippen LogP contribution in [0, 0.1) is 0 Å². The smallest absolute Gasteiger partial charge is 0.326 e. The van der Waals surface area contributed by atoms with E-state index in [1.807, 2.05) is 6.26 Å². The number of aromatic nitrogens is 2. The van der Waals surface area contributed by atoms with Crippen molar-refractivity contribution in [2.45, 2.75) is 37.2 Å². The summed E-state index contributed by atoms with van der Waals surface area (Å²) in [6.45, 7) is -0.410. The van der Waals surface area contributed by atoms with Gasteiger partial charge >= 0.3 is 12.0 Å². The summed E-state index contributed by atoms with van der Waals surface area (Å²) in [6.07, 6.45) is 0.604. The van der Waals surface area contributed by atoms with Crippen molar-refractivity contribution in [3.8, 4) is 0 Å². The molecule has 0 aliphatic heterocycles. The molecule has 0 aromatic carbocycles. The molecule has 1 aromatic heterocycles. The first-order valence-corrected chi connectivity index (χ1v) is 9.10. The highest BCUT2D eigenvalue weighted by atomic mass is 32.2. The summed E-state index contributed by atoms with van der Waals surface area (Å²) in [5, 5.41) is 35.9. The third-order valence-electron chi connectivity index (χ3n) is 3.28. The van der Waals surface area contributed by atoms with Crippen LogP contribution in [0.2, 0.25) is 0 Å². The van der Waals surface area contributed by atoms with Gasteiger partial charge in [-0.3, -0.25) is 0 Å². The van der Waals surface area contributed by atoms with Gasteiger partial charge in [-0.2, -0.15) is 16.7 Å². The maximum Gasteiger partial charge on any atom is 0.326 e. The molecule has 0 saturated carbocycles. The molecule has 0 radical (unpaired) electrons. The summed E-state index contributed by atoms with van der Waals surface area (Å²) >= 11 is 1.45. The van der Waals surface area contributed by atoms with Crippen molar-refractivity contribution in [1.82, 2.24) is 20.8 Å². The number of rotatable bonds is 11. The van der Waals surface area contributed by atoms with E-state index in [9.17, 15) is 14.7 Å². The van der Waals surface area contributed by atoms with Crippen LogP contribution in [0.5, 0.6) is 0 Å². The molecule has 26 heavy (non-hydrogen) atoms. The lowest BCUT2D eigenvalue weighted by molar-refractivity contribution is -0.139. The number of thioether (sulfide) groups is 1. The molecule has 0 bridgehead atoms. The number of nitrogens with two attached hydrogens (primary N) is 2. The van der Waals surface area contributed by atoms with E-state index >= 15 is 0 Å². The second-order valence-corrected chi connectivity index (χ2v) is 6.41. The van der Waals surface area contributed by atoms with Crippen molar-refractivity contribution in [2.75, 3.05) is 18.6 Å². The minimum atomic E-state index is -1.30. The van der Waals surface area contributed by atoms with Gasteiger partial charge in [-0.05, 0) is 18.4 Å². The van der Waals surface area contributed by atoms with Gasteiger partial charge in [0.2, 0.25) is 5.89 Å². The zero-order valence-electron chi connectivity index (χ0n) is 14.2. The van der Waals surface area contributed by atoms with E-state index in [1.54, 1.807) is 0 Å². The van der Waals surface area contributed by atoms with Gasteiger partial charge < -0.3 is 41.9 Å². The van der Waals surface area contributed by atoms with Gasteiger partial charge in [0.1, 0.15) is 18.3 Å². The SMILES string of the molecule is CSCC[C@H](NC(=O)N[C@@H](CC(N)O)c1nc([C@H](N)CO)no1)C(=O)O. The molecular weight excluding hydrogens is 368 g/mol. The number of carboxylic acid groups (broad SMARTS) is 1. The zero-order chi connectivity index (χ0) is 19.7. The van der Waals surface area contributed by atoms with E-state index < -0.39 is 43.0 Å². The van der Waals surface area contributed by atoms with E-state index in [2.05, 4.69) is 20.8 Å². The highest BCUT2D eigenvalue weighted by Crippen LogP contribution is 2.17. The monoisotopic (exact) mass is 392 g/mol. The van der Waals surface area contributed by atoms with Crippen LogP contribution in [-0.4, -0.2) is 68.3 Å². The topological polar surface area (TPSA) is 210 Å². The minimum Gasteiger partial charge on any atom is -0.480 e. The van der Waals surface area contributed by atoms with E-state index in [4.69, 9.17) is 26.2 Å². The Bertz CT molecular complexity index is 585. The van der Waals surface area contributed by atoms with Gasteiger partial charge in [0, 0.05) is 6.42 Å². The first-order valence-electron chi connectivity index (χ1n) is 7.70. The third kappa shape index (κ3) is 7.13. The largest absolute Gasteiger partial charge is 0.480 e. The molecule has 0 fully saturated rings. The molecule has 1 rings (SSSR count). The standard InChI is InChI=1S/C13H24N6O6S/c1-26-3-2-7(12(22)23)16-13(24)17-8(4-9(15)21)11-18-10(19-25-11)6(14)5-20/h6-9,20-21H,2-5,14-15H2,1H3,(H,22,23)(H2,16,17,24)/t6-,7+,8+,9?/m1/s1. The summed E-state index contributed by atoms with van der Waals surface area (Å²) in [7, 11) is 0. The Labute approximate surface area is 153 Å². The average molecular weight is 392 g/mol. The van der Waals surface area contributed by atoms with Gasteiger partial charge in [-0.25, -0.2) is 9.59 Å². The molecule has 0 spiro atoms. The lowest BCUT2D eigenvalue weighted by Crippen LogP contribution is -2.48. The molecule has 13 heteroatoms. The lowest BCUT2D eigenvalue weighted by Gasteiger charge is -2.19. The van der Waals surface area contributed by atoms with Crippen LogP contribution in [0.3, 0.4) is 0 Å². The summed E-state index contributed by atoms with van der Waals surface area (Å²) in [6, 6.07) is -3.72. The van der Waals surface area contributed by atoms with Gasteiger partial charge in [0.05, 0.1) is 12.6 Å². The molecule has 0 saturated heterocycles. The predicted octanol–water partition coefficient (Wildman–Crippen LogP) is -1.72. The predicted molar refractivity (Wildman–Crippen MR) is 92.0 cm³/mol. The second-order valence-electron chi connectivity index (χ2n) is 5.43. The van der Waals surface area contributed by atoms with Crippen molar-refractivity contribution >= 4 is 23.8 Å². The van der Waals surface area contributed by atoms with Gasteiger partial charge in [-0.15, -0.1) is 0 Å². The number of hydrogen-bond donors (Lipinski definition) is 7. The summed E-state index contributed by atoms with van der Waals surface area (Å²) < 4.78 is 4.99. The van der Waals surface area contributed by atoms with Crippen molar-refractivity contribution in [1.29, 1.82) is 0 Å². The normalized spacial score (nSPS) is 15.7. The maximum absolute atomic E-state index is 12.1. The number of aliphatic hydroxyl groups excluding tert-OH is 2. The van der Waals surface area contributed by atoms with Crippen molar-refractivity contribution in [2.24, 2.45) is 11.5 Å². The number of nitrogens with zero attached hydrogens (tertiary/aromatic N) is 2. The van der Waals surface area contributed by atoms with E-state index in [-0.39, 0.29) is 24.6 Å². The van der Waals surface area contributed by atoms with Gasteiger partial charge in [-0.1, -0.05) is 5.16 Å². The van der Waals surface area contributed by atoms with Crippen molar-refractivity contribution < 1.29 is 29.4 Å². The summed E-state index contributed by atoms with van der Waals surface area (Å²) in [4.78, 5) is 27.3. The first kappa shape index (κ1) is 22.1. The Kier molecular flexibility index (Phi) is 9.29. The number of hydrogen-bond acceptors (Lipinski definition) is 10. The highest BCUT2D eigenvalue weighted by Gasteiger charge is 2.26. The van der Waals surface area contributed by atoms with Crippen molar-refractivity contribution in [3.05, 3.63) is 11.7 Å². The molecule has 1 heterocycles. The number of aliphatic hydroxyl groups is 2. The number of carbonyl (C=O) groups is 2. The molecule has 1 unspecified atom stereocenters. The van der Waals surface area contributed by atoms with Gasteiger partial charge in [0.25, 0.3) is 0 Å². The van der Waals surface area contributed by atoms with E-state index in [0.29, 0.717) is 5.75 Å². The maximum atomic E-state index is 12.1. The minimum absolute atomic E-state index is 0.0182. The number of urea groups is 1. The first-order chi connectivity index (χ1) is 12.3. The van der Waals surface area contributed by atoms with Crippen LogP contribution in [0.4, 0.5) is 4.79 Å². The van der Waals surface area contributed by atoms with Crippen LogP contribution >= 0.6 is 11.8 Å². The van der Waals surface area contributed by atoms with Gasteiger partial charge in [0.15, 0.2) is 5.82 Å². The fraction of sp³-hybridized carbons (Fsp3) is 0.692. The van der Waals surface area contributed by atoms with Crippen LogP contribution in [0.25, 0.3) is 0 Å². The molecule has 2 amide bonds. The molecular formula is C13H24N6O6S. The Morgan fingerprint density at radius 2 is 2.04 bits per heavy atom. The van der Waals surface area contributed by atoms with Crippen LogP contribution in [0.1, 0.15) is 36.6 Å². The summed E-state index contributed by atoms with van der Waals surface area (Å²) in [5.41, 5.74) is 10.9. The molecule has 12 nitrogen and oxygen atoms in total. The van der Waals surface area contributed by atoms with Crippen molar-refractivity contribution in [3.63, 3.8) is 0 Å². The Hall–Kier alpha value is -1.93. The molecule has 148 valence electrons. The zero-order valence-corrected chi connectivity index (χ0v) is 15.0. The quantitative estimate of drug-likeness (QED) is 0.210. The molecule has 0 aliphatic rings. The van der Waals surface area contributed by atoms with E-state index in [0.717, 1.165) is 0 Å². The number of aliphatic carboxylic acids is 1. The van der Waals surface area contributed by atoms with Crippen LogP contribution in [0.15, 0.2) is 4.52 Å². The second kappa shape index (κ2) is 10.9. The number of amides is 2. The lowest BCUT2D eigenvalue weighted by atomic mass is 10.2. The Morgan fingerprint density at radius 3 is 2.58 bits per heavy atom. The number of carboxylic acids is 1. The molecule has 0 aliphatic carbocycles. The highest BCUT2D eigenvalue weighted by molar-refractivity contribution is 7.98. The number of carbonyl (C=O) groups excluding carboxylic acids is 1. The molecule has 9 N–H and O–H groups in total. The average Bonchev–Trinajstić information content (AvgIpc) is 3.06. The number of nitrogens with one attached hydrogen (secondary N) is 2. The Balaban J connectivity index is 2.81.